The molecule has 5 heteroatoms. The van der Waals surface area contributed by atoms with Gasteiger partial charge in [0.25, 0.3) is 5.91 Å². The fourth-order valence-corrected chi connectivity index (χ4v) is 2.87. The van der Waals surface area contributed by atoms with Gasteiger partial charge in [-0.3, -0.25) is 10.1 Å². The minimum Gasteiger partial charge on any atom is -0.376 e. The Balaban J connectivity index is 1.74. The van der Waals surface area contributed by atoms with Gasteiger partial charge in [0.05, 0.1) is 12.6 Å². The molecule has 26 heavy (non-hydrogen) atoms. The van der Waals surface area contributed by atoms with E-state index in [4.69, 9.17) is 4.74 Å². The van der Waals surface area contributed by atoms with E-state index in [-0.39, 0.29) is 12.0 Å². The molecule has 3 rings (SSSR count). The monoisotopic (exact) mass is 351 g/mol. The van der Waals surface area contributed by atoms with Gasteiger partial charge < -0.3 is 10.1 Å². The van der Waals surface area contributed by atoms with Gasteiger partial charge in [0.2, 0.25) is 5.96 Å². The third-order valence-corrected chi connectivity index (χ3v) is 4.34. The molecule has 136 valence electrons. The summed E-state index contributed by atoms with van der Waals surface area (Å²) in [6.07, 6.45) is 3.16. The molecule has 5 nitrogen and oxygen atoms in total. The molecule has 1 amide bonds. The van der Waals surface area contributed by atoms with E-state index in [2.05, 4.69) is 34.7 Å². The van der Waals surface area contributed by atoms with Crippen LogP contribution in [0, 0.1) is 0 Å². The predicted octanol–water partition coefficient (Wildman–Crippen LogP) is 3.63. The topological polar surface area (TPSA) is 62.7 Å². The van der Waals surface area contributed by atoms with Gasteiger partial charge in [-0.2, -0.15) is 0 Å². The summed E-state index contributed by atoms with van der Waals surface area (Å²) in [5, 5.41) is 6.13. The number of nitrogens with zero attached hydrogens (tertiary/aromatic N) is 1. The van der Waals surface area contributed by atoms with Crippen molar-refractivity contribution in [3.8, 4) is 0 Å². The lowest BCUT2D eigenvalue weighted by Gasteiger charge is -2.14. The van der Waals surface area contributed by atoms with E-state index in [1.165, 1.54) is 5.56 Å². The van der Waals surface area contributed by atoms with Gasteiger partial charge in [0, 0.05) is 17.9 Å². The van der Waals surface area contributed by atoms with Gasteiger partial charge in [-0.25, -0.2) is 4.99 Å². The molecular formula is C21H25N3O2. The maximum Gasteiger partial charge on any atom is 0.257 e. The van der Waals surface area contributed by atoms with Crippen molar-refractivity contribution >= 4 is 17.6 Å². The number of carbonyl (C=O) groups is 1. The number of benzene rings is 2. The highest BCUT2D eigenvalue weighted by Crippen LogP contribution is 2.13. The highest BCUT2D eigenvalue weighted by molar-refractivity contribution is 6.09. The Morgan fingerprint density at radius 3 is 2.77 bits per heavy atom. The van der Waals surface area contributed by atoms with Crippen LogP contribution in [0.4, 0.5) is 5.69 Å². The molecule has 1 saturated heterocycles. The number of aryl methyl sites for hydroxylation is 1. The Morgan fingerprint density at radius 2 is 2.04 bits per heavy atom. The molecular weight excluding hydrogens is 326 g/mol. The molecule has 0 radical (unpaired) electrons. The number of hydrogen-bond donors (Lipinski definition) is 2. The number of anilines is 1. The van der Waals surface area contributed by atoms with Crippen LogP contribution in [0.3, 0.4) is 0 Å². The average Bonchev–Trinajstić information content (AvgIpc) is 3.20. The van der Waals surface area contributed by atoms with Crippen LogP contribution in [0.2, 0.25) is 0 Å². The lowest BCUT2D eigenvalue weighted by molar-refractivity contribution is 0.0975. The van der Waals surface area contributed by atoms with Gasteiger partial charge in [-0.1, -0.05) is 37.3 Å². The lowest BCUT2D eigenvalue weighted by Crippen LogP contribution is -2.36. The van der Waals surface area contributed by atoms with E-state index in [1.807, 2.05) is 30.3 Å². The maximum atomic E-state index is 12.5. The smallest absolute Gasteiger partial charge is 0.257 e. The van der Waals surface area contributed by atoms with E-state index in [0.29, 0.717) is 18.1 Å². The van der Waals surface area contributed by atoms with Gasteiger partial charge in [0.1, 0.15) is 0 Å². The Bertz CT molecular complexity index is 753. The lowest BCUT2D eigenvalue weighted by atomic mass is 10.1. The molecule has 2 aromatic carbocycles. The SMILES string of the molecule is CCc1cccc(NC(=NC[C@H]2CCCO2)NC(=O)c2ccccc2)c1. The van der Waals surface area contributed by atoms with E-state index in [0.717, 1.165) is 31.6 Å². The predicted molar refractivity (Wildman–Crippen MR) is 105 cm³/mol. The Labute approximate surface area is 154 Å². The average molecular weight is 351 g/mol. The summed E-state index contributed by atoms with van der Waals surface area (Å²) in [7, 11) is 0. The summed E-state index contributed by atoms with van der Waals surface area (Å²) in [6, 6.07) is 17.3. The fraction of sp³-hybridized carbons (Fsp3) is 0.333. The molecule has 1 fully saturated rings. The second kappa shape index (κ2) is 9.15. The van der Waals surface area contributed by atoms with Crippen LogP contribution < -0.4 is 10.6 Å². The second-order valence-electron chi connectivity index (χ2n) is 6.32. The molecule has 1 aliphatic heterocycles. The van der Waals surface area contributed by atoms with Crippen LogP contribution in [0.15, 0.2) is 59.6 Å². The Hall–Kier alpha value is -2.66. The Kier molecular flexibility index (Phi) is 6.39. The van der Waals surface area contributed by atoms with Gasteiger partial charge >= 0.3 is 0 Å². The highest BCUT2D eigenvalue weighted by Gasteiger charge is 2.16. The van der Waals surface area contributed by atoms with Crippen LogP contribution in [0.1, 0.15) is 35.7 Å². The summed E-state index contributed by atoms with van der Waals surface area (Å²) < 4.78 is 5.63. The molecule has 2 aromatic rings. The number of amides is 1. The first-order valence-electron chi connectivity index (χ1n) is 9.13. The highest BCUT2D eigenvalue weighted by atomic mass is 16.5. The van der Waals surface area contributed by atoms with E-state index in [1.54, 1.807) is 12.1 Å². The number of nitrogens with one attached hydrogen (secondary N) is 2. The third kappa shape index (κ3) is 5.17. The zero-order valence-electron chi connectivity index (χ0n) is 15.1. The standard InChI is InChI=1S/C21H25N3O2/c1-2-16-8-6-11-18(14-16)23-21(22-15-19-12-7-13-26-19)24-20(25)17-9-4-3-5-10-17/h3-6,8-11,14,19H,2,7,12-13,15H2,1H3,(H2,22,23,24,25)/t19-/m1/s1. The quantitative estimate of drug-likeness (QED) is 0.639. The number of aliphatic imine (C=N–C) groups is 1. The number of rotatable bonds is 5. The van der Waals surface area contributed by atoms with Crippen molar-refractivity contribution in [2.24, 2.45) is 4.99 Å². The van der Waals surface area contributed by atoms with Crippen LogP contribution in [-0.2, 0) is 11.2 Å². The van der Waals surface area contributed by atoms with Crippen molar-refractivity contribution in [1.82, 2.24) is 5.32 Å². The van der Waals surface area contributed by atoms with Crippen molar-refractivity contribution in [2.45, 2.75) is 32.3 Å². The molecule has 0 saturated carbocycles. The first-order valence-corrected chi connectivity index (χ1v) is 9.13. The van der Waals surface area contributed by atoms with Crippen molar-refractivity contribution in [2.75, 3.05) is 18.5 Å². The van der Waals surface area contributed by atoms with Crippen LogP contribution in [0.5, 0.6) is 0 Å². The van der Waals surface area contributed by atoms with Crippen molar-refractivity contribution < 1.29 is 9.53 Å². The first-order chi connectivity index (χ1) is 12.7. The van der Waals surface area contributed by atoms with Gasteiger partial charge in [-0.15, -0.1) is 0 Å². The molecule has 2 N–H and O–H groups in total. The zero-order chi connectivity index (χ0) is 18.2. The van der Waals surface area contributed by atoms with Crippen LogP contribution in [-0.4, -0.2) is 31.1 Å². The first kappa shape index (κ1) is 18.1. The molecule has 1 heterocycles. The third-order valence-electron chi connectivity index (χ3n) is 4.34. The van der Waals surface area contributed by atoms with E-state index < -0.39 is 0 Å². The van der Waals surface area contributed by atoms with Crippen LogP contribution in [0.25, 0.3) is 0 Å². The van der Waals surface area contributed by atoms with Crippen LogP contribution >= 0.6 is 0 Å². The summed E-state index contributed by atoms with van der Waals surface area (Å²) in [4.78, 5) is 17.1. The minimum atomic E-state index is -0.184. The van der Waals surface area contributed by atoms with Gasteiger partial charge in [0.15, 0.2) is 0 Å². The summed E-state index contributed by atoms with van der Waals surface area (Å²) in [5.41, 5.74) is 2.73. The second-order valence-corrected chi connectivity index (χ2v) is 6.32. The molecule has 0 aliphatic carbocycles. The van der Waals surface area contributed by atoms with Crippen molar-refractivity contribution in [3.05, 3.63) is 65.7 Å². The summed E-state index contributed by atoms with van der Waals surface area (Å²) in [5.74, 6) is 0.262. The number of carbonyl (C=O) groups excluding carboxylic acids is 1. The van der Waals surface area contributed by atoms with Gasteiger partial charge in [-0.05, 0) is 49.1 Å². The van der Waals surface area contributed by atoms with E-state index >= 15 is 0 Å². The van der Waals surface area contributed by atoms with E-state index in [9.17, 15) is 4.79 Å². The summed E-state index contributed by atoms with van der Waals surface area (Å²) >= 11 is 0. The number of ether oxygens (including phenoxy) is 1. The van der Waals surface area contributed by atoms with Crippen molar-refractivity contribution in [1.29, 1.82) is 0 Å². The normalized spacial score (nSPS) is 17.1. The molecule has 1 atom stereocenters. The maximum absolute atomic E-state index is 12.5. The number of hydrogen-bond acceptors (Lipinski definition) is 3. The molecule has 1 aliphatic rings. The fourth-order valence-electron chi connectivity index (χ4n) is 2.87. The minimum absolute atomic E-state index is 0.127. The molecule has 0 bridgehead atoms. The Morgan fingerprint density at radius 1 is 1.19 bits per heavy atom. The van der Waals surface area contributed by atoms with Crippen molar-refractivity contribution in [3.63, 3.8) is 0 Å². The zero-order valence-corrected chi connectivity index (χ0v) is 15.1. The molecule has 0 aromatic heterocycles. The largest absolute Gasteiger partial charge is 0.376 e. The molecule has 0 unspecified atom stereocenters. The molecule has 0 spiro atoms. The summed E-state index contributed by atoms with van der Waals surface area (Å²) in [6.45, 7) is 3.44. The number of guanidine groups is 1.